The van der Waals surface area contributed by atoms with Crippen LogP contribution in [0.4, 0.5) is 5.69 Å². The van der Waals surface area contributed by atoms with Gasteiger partial charge >= 0.3 is 0 Å². The fourth-order valence-corrected chi connectivity index (χ4v) is 4.03. The monoisotopic (exact) mass is 397 g/mol. The minimum absolute atomic E-state index is 0.0586. The molecule has 0 aliphatic rings. The molecular weight excluding hydrogens is 385 g/mol. The molecule has 0 saturated carbocycles. The van der Waals surface area contributed by atoms with E-state index in [-0.39, 0.29) is 21.4 Å². The van der Waals surface area contributed by atoms with E-state index in [9.17, 15) is 13.2 Å². The van der Waals surface area contributed by atoms with E-state index in [4.69, 9.17) is 27.6 Å². The topological polar surface area (TPSA) is 76.4 Å². The number of carbonyl (C=O) groups excluding carboxylic acids is 1. The molecule has 0 amide bonds. The van der Waals surface area contributed by atoms with E-state index in [1.807, 2.05) is 0 Å². The summed E-state index contributed by atoms with van der Waals surface area (Å²) in [6.45, 7) is 3.07. The molecule has 25 heavy (non-hydrogen) atoms. The third-order valence-electron chi connectivity index (χ3n) is 3.65. The van der Waals surface area contributed by atoms with E-state index in [0.717, 1.165) is 0 Å². The summed E-state index contributed by atoms with van der Waals surface area (Å²) >= 11 is 12.0. The number of furan rings is 1. The Kier molecular flexibility index (Phi) is 4.53. The van der Waals surface area contributed by atoms with Gasteiger partial charge in [0, 0.05) is 10.4 Å². The average Bonchev–Trinajstić information content (AvgIpc) is 2.84. The molecule has 0 bridgehead atoms. The summed E-state index contributed by atoms with van der Waals surface area (Å²) in [5.41, 5.74) is 0.957. The molecule has 2 aromatic carbocycles. The second-order valence-corrected chi connectivity index (χ2v) is 8.01. The number of Topliss-reactive ketones (excluding diaryl/α,β-unsaturated/α-hetero) is 1. The van der Waals surface area contributed by atoms with Crippen LogP contribution in [0.1, 0.15) is 23.0 Å². The van der Waals surface area contributed by atoms with Gasteiger partial charge in [0.15, 0.2) is 11.4 Å². The lowest BCUT2D eigenvalue weighted by molar-refractivity contribution is 0.101. The second kappa shape index (κ2) is 6.37. The Balaban J connectivity index is 2.09. The number of rotatable bonds is 4. The number of hydrogen-bond donors (Lipinski definition) is 1. The van der Waals surface area contributed by atoms with Gasteiger partial charge in [-0.2, -0.15) is 0 Å². The predicted molar refractivity (Wildman–Crippen MR) is 98.2 cm³/mol. The fraction of sp³-hybridized carbons (Fsp3) is 0.118. The van der Waals surface area contributed by atoms with Crippen molar-refractivity contribution in [3.8, 4) is 0 Å². The van der Waals surface area contributed by atoms with Crippen LogP contribution < -0.4 is 4.72 Å². The Morgan fingerprint density at radius 1 is 1.12 bits per heavy atom. The van der Waals surface area contributed by atoms with Crippen molar-refractivity contribution in [2.75, 3.05) is 4.72 Å². The molecule has 3 aromatic rings. The largest absolute Gasteiger partial charge is 0.459 e. The number of anilines is 1. The maximum Gasteiger partial charge on any atom is 0.261 e. The van der Waals surface area contributed by atoms with Crippen molar-refractivity contribution >= 4 is 55.7 Å². The summed E-state index contributed by atoms with van der Waals surface area (Å²) in [4.78, 5) is 11.9. The number of fused-ring (bicyclic) bond motifs is 1. The maximum atomic E-state index is 12.5. The normalized spacial score (nSPS) is 11.7. The predicted octanol–water partition coefficient (Wildman–Crippen LogP) is 5.05. The lowest BCUT2D eigenvalue weighted by atomic mass is 10.1. The summed E-state index contributed by atoms with van der Waals surface area (Å²) in [5, 5.41) is 1.11. The molecule has 1 N–H and O–H groups in total. The van der Waals surface area contributed by atoms with Crippen molar-refractivity contribution < 1.29 is 17.6 Å². The number of benzene rings is 2. The van der Waals surface area contributed by atoms with E-state index in [2.05, 4.69) is 4.72 Å². The Hall–Kier alpha value is -2.02. The van der Waals surface area contributed by atoms with E-state index < -0.39 is 10.0 Å². The van der Waals surface area contributed by atoms with Gasteiger partial charge in [0.2, 0.25) is 0 Å². The van der Waals surface area contributed by atoms with E-state index in [0.29, 0.717) is 27.3 Å². The highest BCUT2D eigenvalue weighted by molar-refractivity contribution is 7.92. The van der Waals surface area contributed by atoms with Crippen LogP contribution in [0.15, 0.2) is 45.7 Å². The molecule has 0 atom stereocenters. The van der Waals surface area contributed by atoms with Crippen LogP contribution in [0.5, 0.6) is 0 Å². The van der Waals surface area contributed by atoms with Crippen LogP contribution in [0.2, 0.25) is 10.0 Å². The maximum absolute atomic E-state index is 12.5. The molecule has 0 spiro atoms. The summed E-state index contributed by atoms with van der Waals surface area (Å²) in [7, 11) is -3.82. The Morgan fingerprint density at radius 2 is 1.76 bits per heavy atom. The van der Waals surface area contributed by atoms with Gasteiger partial charge in [0.05, 0.1) is 21.2 Å². The van der Waals surface area contributed by atoms with Gasteiger partial charge in [0.25, 0.3) is 10.0 Å². The molecule has 0 aliphatic carbocycles. The Labute approximate surface area is 154 Å². The zero-order valence-electron chi connectivity index (χ0n) is 13.3. The highest BCUT2D eigenvalue weighted by Crippen LogP contribution is 2.35. The fourth-order valence-electron chi connectivity index (χ4n) is 2.60. The highest BCUT2D eigenvalue weighted by Gasteiger charge is 2.20. The van der Waals surface area contributed by atoms with Gasteiger partial charge in [-0.1, -0.05) is 23.2 Å². The molecule has 8 heteroatoms. The van der Waals surface area contributed by atoms with Crippen molar-refractivity contribution in [3.05, 3.63) is 57.8 Å². The molecule has 0 saturated heterocycles. The number of aryl methyl sites for hydroxylation is 1. The lowest BCUT2D eigenvalue weighted by Crippen LogP contribution is -2.12. The van der Waals surface area contributed by atoms with Crippen LogP contribution in [-0.4, -0.2) is 14.2 Å². The standard InChI is InChI=1S/C17H13Cl2NO4S/c1-9(21)16-10(2)24-17-14(16)7-12(8-15(17)19)20-25(22,23)13-5-3-11(18)4-6-13/h3-8,20H,1-2H3. The zero-order valence-corrected chi connectivity index (χ0v) is 15.6. The SMILES string of the molecule is CC(=O)c1c(C)oc2c(Cl)cc(NS(=O)(=O)c3ccc(Cl)cc3)cc12. The third-order valence-corrected chi connectivity index (χ3v) is 5.58. The Morgan fingerprint density at radius 3 is 2.36 bits per heavy atom. The van der Waals surface area contributed by atoms with Gasteiger partial charge < -0.3 is 4.42 Å². The average molecular weight is 398 g/mol. The Bertz CT molecular complexity index is 1090. The summed E-state index contributed by atoms with van der Waals surface area (Å²) in [5.74, 6) is 0.243. The second-order valence-electron chi connectivity index (χ2n) is 5.48. The van der Waals surface area contributed by atoms with Crippen molar-refractivity contribution in [1.29, 1.82) is 0 Å². The molecule has 1 heterocycles. The number of halogens is 2. The van der Waals surface area contributed by atoms with Crippen molar-refractivity contribution in [3.63, 3.8) is 0 Å². The quantitative estimate of drug-likeness (QED) is 0.624. The van der Waals surface area contributed by atoms with Crippen LogP contribution in [-0.2, 0) is 10.0 Å². The summed E-state index contributed by atoms with van der Waals surface area (Å²) < 4.78 is 33.0. The number of carbonyl (C=O) groups is 1. The molecule has 1 aromatic heterocycles. The highest BCUT2D eigenvalue weighted by atomic mass is 35.5. The molecule has 130 valence electrons. The third kappa shape index (κ3) is 3.38. The molecular formula is C17H13Cl2NO4S. The van der Waals surface area contributed by atoms with Gasteiger partial charge in [-0.25, -0.2) is 8.42 Å². The van der Waals surface area contributed by atoms with E-state index in [1.54, 1.807) is 6.92 Å². The van der Waals surface area contributed by atoms with Crippen LogP contribution >= 0.6 is 23.2 Å². The zero-order chi connectivity index (χ0) is 18.4. The molecule has 0 aliphatic heterocycles. The van der Waals surface area contributed by atoms with Crippen LogP contribution in [0, 0.1) is 6.92 Å². The van der Waals surface area contributed by atoms with E-state index in [1.165, 1.54) is 43.3 Å². The molecule has 3 rings (SSSR count). The number of hydrogen-bond acceptors (Lipinski definition) is 4. The van der Waals surface area contributed by atoms with E-state index >= 15 is 0 Å². The summed E-state index contributed by atoms with van der Waals surface area (Å²) in [6, 6.07) is 8.73. The first-order chi connectivity index (χ1) is 11.7. The number of nitrogens with one attached hydrogen (secondary N) is 1. The molecule has 0 radical (unpaired) electrons. The minimum atomic E-state index is -3.82. The van der Waals surface area contributed by atoms with Crippen LogP contribution in [0.25, 0.3) is 11.0 Å². The molecule has 5 nitrogen and oxygen atoms in total. The first-order valence-electron chi connectivity index (χ1n) is 7.21. The van der Waals surface area contributed by atoms with Crippen LogP contribution in [0.3, 0.4) is 0 Å². The molecule has 0 fully saturated rings. The smallest absolute Gasteiger partial charge is 0.261 e. The van der Waals surface area contributed by atoms with Gasteiger partial charge in [-0.3, -0.25) is 9.52 Å². The number of sulfonamides is 1. The summed E-state index contributed by atoms with van der Waals surface area (Å²) in [6.07, 6.45) is 0. The van der Waals surface area contributed by atoms with Crippen molar-refractivity contribution in [1.82, 2.24) is 0 Å². The minimum Gasteiger partial charge on any atom is -0.459 e. The van der Waals surface area contributed by atoms with Gasteiger partial charge in [0.1, 0.15) is 5.76 Å². The number of ketones is 1. The van der Waals surface area contributed by atoms with Crippen molar-refractivity contribution in [2.24, 2.45) is 0 Å². The first-order valence-corrected chi connectivity index (χ1v) is 9.45. The molecule has 0 unspecified atom stereocenters. The lowest BCUT2D eigenvalue weighted by Gasteiger charge is -2.09. The first kappa shape index (κ1) is 17.8. The van der Waals surface area contributed by atoms with Gasteiger partial charge in [-0.05, 0) is 50.2 Å². The van der Waals surface area contributed by atoms with Crippen molar-refractivity contribution in [2.45, 2.75) is 18.7 Å². The van der Waals surface area contributed by atoms with Gasteiger partial charge in [-0.15, -0.1) is 0 Å².